The van der Waals surface area contributed by atoms with E-state index in [-0.39, 0.29) is 21.9 Å². The molecule has 3 rings (SSSR count). The lowest BCUT2D eigenvalue weighted by molar-refractivity contribution is -0.0977. The van der Waals surface area contributed by atoms with Crippen molar-refractivity contribution in [2.24, 2.45) is 0 Å². The number of halogens is 5. The number of hydrogen-bond acceptors (Lipinski definition) is 3. The number of benzene rings is 1. The van der Waals surface area contributed by atoms with Gasteiger partial charge in [0.25, 0.3) is 5.92 Å². The Hall–Kier alpha value is -0.860. The van der Waals surface area contributed by atoms with Crippen LogP contribution in [0.25, 0.3) is 0 Å². The van der Waals surface area contributed by atoms with Gasteiger partial charge in [-0.3, -0.25) is 0 Å². The summed E-state index contributed by atoms with van der Waals surface area (Å²) in [5.74, 6) is -3.65. The Morgan fingerprint density at radius 2 is 1.83 bits per heavy atom. The van der Waals surface area contributed by atoms with Gasteiger partial charge in [-0.1, -0.05) is 12.5 Å². The summed E-state index contributed by atoms with van der Waals surface area (Å²) in [5, 5.41) is 19.7. The van der Waals surface area contributed by atoms with Gasteiger partial charge in [-0.05, 0) is 54.1 Å². The largest absolute Gasteiger partial charge is 0.446 e. The molecule has 0 spiro atoms. The summed E-state index contributed by atoms with van der Waals surface area (Å²) in [6, 6.07) is 2.61. The molecule has 0 unspecified atom stereocenters. The van der Waals surface area contributed by atoms with Gasteiger partial charge in [0.05, 0.1) is 6.10 Å². The summed E-state index contributed by atoms with van der Waals surface area (Å²) in [6.45, 7) is 0. The van der Waals surface area contributed by atoms with E-state index in [2.05, 4.69) is 0 Å². The molecule has 1 aromatic carbocycles. The van der Waals surface area contributed by atoms with Crippen LogP contribution in [0.2, 0.25) is 0 Å². The van der Waals surface area contributed by atoms with Gasteiger partial charge in [0.1, 0.15) is 6.10 Å². The predicted molar refractivity (Wildman–Crippen MR) is 79.2 cm³/mol. The second kappa shape index (κ2) is 6.14. The molecular formula is C16H17F5O2S. The molecule has 2 N–H and O–H groups in total. The maximum absolute atomic E-state index is 14.0. The molecule has 1 fully saturated rings. The number of fused-ring (bicyclic) bond motifs is 1. The zero-order valence-electron chi connectivity index (χ0n) is 12.6. The number of hydrogen-bond donors (Lipinski definition) is 2. The Kier molecular flexibility index (Phi) is 4.59. The highest BCUT2D eigenvalue weighted by Gasteiger charge is 2.50. The molecule has 24 heavy (non-hydrogen) atoms. The van der Waals surface area contributed by atoms with E-state index in [9.17, 15) is 32.2 Å². The summed E-state index contributed by atoms with van der Waals surface area (Å²) in [4.78, 5) is -0.373. The van der Waals surface area contributed by atoms with E-state index in [0.717, 1.165) is 12.5 Å². The summed E-state index contributed by atoms with van der Waals surface area (Å²) < 4.78 is 66.0. The van der Waals surface area contributed by atoms with Crippen LogP contribution in [-0.4, -0.2) is 27.7 Å². The van der Waals surface area contributed by atoms with E-state index < -0.39 is 41.8 Å². The molecule has 0 radical (unpaired) electrons. The van der Waals surface area contributed by atoms with Crippen molar-refractivity contribution in [1.29, 1.82) is 0 Å². The number of aliphatic hydroxyl groups is 2. The van der Waals surface area contributed by atoms with Crippen LogP contribution in [0.1, 0.15) is 54.4 Å². The highest BCUT2D eigenvalue weighted by Crippen LogP contribution is 2.52. The standard InChI is InChI=1S/C16H17F5O2S/c17-15(18)7-11-10(8-2-1-3-9(22)6-8)4-5-12(13(11)14(15)23)24-16(19,20)21/h4-5,8-9,14,22-23H,1-3,6-7H2/t8-,9+,14+/m1/s1. The summed E-state index contributed by atoms with van der Waals surface area (Å²) in [7, 11) is 0. The van der Waals surface area contributed by atoms with Crippen molar-refractivity contribution in [1.82, 2.24) is 0 Å². The first-order valence-electron chi connectivity index (χ1n) is 7.74. The second-order valence-corrected chi connectivity index (χ2v) is 7.56. The van der Waals surface area contributed by atoms with Gasteiger partial charge >= 0.3 is 5.51 Å². The zero-order valence-corrected chi connectivity index (χ0v) is 13.4. The minimum absolute atomic E-state index is 0.112. The van der Waals surface area contributed by atoms with Crippen LogP contribution in [0.5, 0.6) is 0 Å². The summed E-state index contributed by atoms with van der Waals surface area (Å²) in [6.07, 6.45) is -1.06. The lowest BCUT2D eigenvalue weighted by Crippen LogP contribution is -2.22. The van der Waals surface area contributed by atoms with E-state index in [1.165, 1.54) is 6.07 Å². The fraction of sp³-hybridized carbons (Fsp3) is 0.625. The van der Waals surface area contributed by atoms with Crippen LogP contribution in [0.3, 0.4) is 0 Å². The van der Waals surface area contributed by atoms with Crippen LogP contribution in [-0.2, 0) is 6.42 Å². The maximum atomic E-state index is 14.0. The van der Waals surface area contributed by atoms with Crippen molar-refractivity contribution < 1.29 is 32.2 Å². The lowest BCUT2D eigenvalue weighted by Gasteiger charge is -2.28. The van der Waals surface area contributed by atoms with E-state index >= 15 is 0 Å². The Labute approximate surface area is 140 Å². The third-order valence-corrected chi connectivity index (χ3v) is 5.56. The highest BCUT2D eigenvalue weighted by molar-refractivity contribution is 8.00. The van der Waals surface area contributed by atoms with Crippen LogP contribution in [0.15, 0.2) is 17.0 Å². The maximum Gasteiger partial charge on any atom is 0.446 e. The van der Waals surface area contributed by atoms with Crippen molar-refractivity contribution in [3.63, 3.8) is 0 Å². The molecule has 2 aliphatic rings. The molecule has 2 nitrogen and oxygen atoms in total. The van der Waals surface area contributed by atoms with Crippen molar-refractivity contribution in [2.75, 3.05) is 0 Å². The van der Waals surface area contributed by atoms with Crippen molar-refractivity contribution in [3.8, 4) is 0 Å². The molecule has 0 amide bonds. The first kappa shape index (κ1) is 17.9. The number of alkyl halides is 5. The monoisotopic (exact) mass is 368 g/mol. The molecule has 0 saturated heterocycles. The number of aliphatic hydroxyl groups excluding tert-OH is 2. The minimum atomic E-state index is -4.62. The molecule has 3 atom stereocenters. The van der Waals surface area contributed by atoms with E-state index in [1.54, 1.807) is 0 Å². The van der Waals surface area contributed by atoms with Crippen molar-refractivity contribution in [3.05, 3.63) is 28.8 Å². The third kappa shape index (κ3) is 3.41. The average molecular weight is 368 g/mol. The molecule has 1 aromatic rings. The molecule has 2 aliphatic carbocycles. The first-order valence-corrected chi connectivity index (χ1v) is 8.55. The minimum Gasteiger partial charge on any atom is -0.393 e. The third-order valence-electron chi connectivity index (χ3n) is 4.75. The fourth-order valence-electron chi connectivity index (χ4n) is 3.74. The zero-order chi connectivity index (χ0) is 17.7. The lowest BCUT2D eigenvalue weighted by atomic mass is 9.80. The van der Waals surface area contributed by atoms with Crippen molar-refractivity contribution in [2.45, 2.75) is 66.6 Å². The molecule has 0 heterocycles. The van der Waals surface area contributed by atoms with E-state index in [4.69, 9.17) is 0 Å². The topological polar surface area (TPSA) is 40.5 Å². The Balaban J connectivity index is 2.05. The number of thioether (sulfide) groups is 1. The smallest absolute Gasteiger partial charge is 0.393 e. The molecule has 134 valence electrons. The van der Waals surface area contributed by atoms with Gasteiger partial charge < -0.3 is 10.2 Å². The molecule has 0 aliphatic heterocycles. The summed E-state index contributed by atoms with van der Waals surface area (Å²) in [5.41, 5.74) is -4.28. The van der Waals surface area contributed by atoms with Crippen LogP contribution < -0.4 is 0 Å². The second-order valence-electron chi connectivity index (χ2n) is 6.45. The van der Waals surface area contributed by atoms with Crippen LogP contribution in [0, 0.1) is 0 Å². The Morgan fingerprint density at radius 1 is 1.12 bits per heavy atom. The Bertz CT molecular complexity index is 632. The van der Waals surface area contributed by atoms with Gasteiger partial charge in [0, 0.05) is 16.9 Å². The van der Waals surface area contributed by atoms with Gasteiger partial charge in [-0.2, -0.15) is 13.2 Å². The van der Waals surface area contributed by atoms with E-state index in [0.29, 0.717) is 24.8 Å². The molecular weight excluding hydrogens is 351 g/mol. The van der Waals surface area contributed by atoms with Crippen molar-refractivity contribution >= 4 is 11.8 Å². The van der Waals surface area contributed by atoms with Gasteiger partial charge in [0.2, 0.25) is 0 Å². The van der Waals surface area contributed by atoms with E-state index in [1.807, 2.05) is 0 Å². The molecule has 0 aromatic heterocycles. The van der Waals surface area contributed by atoms with Gasteiger partial charge in [-0.25, -0.2) is 8.78 Å². The predicted octanol–water partition coefficient (Wildman–Crippen LogP) is 4.54. The van der Waals surface area contributed by atoms with Crippen LogP contribution in [0.4, 0.5) is 22.0 Å². The Morgan fingerprint density at radius 3 is 2.46 bits per heavy atom. The average Bonchev–Trinajstić information content (AvgIpc) is 2.68. The highest BCUT2D eigenvalue weighted by atomic mass is 32.2. The number of rotatable bonds is 2. The summed E-state index contributed by atoms with van der Waals surface area (Å²) >= 11 is -0.476. The molecule has 0 bridgehead atoms. The SMILES string of the molecule is O[C@H]1CCC[C@@H](c2ccc(SC(F)(F)F)c3c2CC(F)(F)[C@H]3O)C1. The normalized spacial score (nSPS) is 29.5. The molecule has 1 saturated carbocycles. The van der Waals surface area contributed by atoms with Gasteiger partial charge in [0.15, 0.2) is 0 Å². The molecule has 8 heteroatoms. The fourth-order valence-corrected chi connectivity index (χ4v) is 4.47. The first-order chi connectivity index (χ1) is 11.1. The quantitative estimate of drug-likeness (QED) is 0.595. The van der Waals surface area contributed by atoms with Gasteiger partial charge in [-0.15, -0.1) is 0 Å². The van der Waals surface area contributed by atoms with Crippen LogP contribution >= 0.6 is 11.8 Å².